The Hall–Kier alpha value is -3.09. The van der Waals surface area contributed by atoms with E-state index in [4.69, 9.17) is 4.74 Å². The van der Waals surface area contributed by atoms with Gasteiger partial charge in [0.15, 0.2) is 0 Å². The van der Waals surface area contributed by atoms with Crippen molar-refractivity contribution < 1.29 is 14.5 Å². The Balaban J connectivity index is 1.84. The smallest absolute Gasteiger partial charge is 0.321 e. The second-order valence-corrected chi connectivity index (χ2v) is 5.32. The average Bonchev–Trinajstić information content (AvgIpc) is 2.55. The Bertz CT molecular complexity index is 733. The van der Waals surface area contributed by atoms with Crippen LogP contribution in [0, 0.1) is 17.0 Å². The highest BCUT2D eigenvalue weighted by molar-refractivity contribution is 5.89. The van der Waals surface area contributed by atoms with Gasteiger partial charge in [-0.2, -0.15) is 0 Å². The molecule has 2 amide bonds. The lowest BCUT2D eigenvalue weighted by molar-refractivity contribution is -0.384. The summed E-state index contributed by atoms with van der Waals surface area (Å²) in [5, 5.41) is 13.4. The van der Waals surface area contributed by atoms with Crippen LogP contribution in [0.5, 0.6) is 5.75 Å². The molecule has 0 heterocycles. The van der Waals surface area contributed by atoms with E-state index in [1.54, 1.807) is 13.1 Å². The Morgan fingerprint density at radius 1 is 1.25 bits per heavy atom. The summed E-state index contributed by atoms with van der Waals surface area (Å²) in [6, 6.07) is 13.1. The summed E-state index contributed by atoms with van der Waals surface area (Å²) in [5.41, 5.74) is 1.41. The fraction of sp³-hybridized carbons (Fsp3) is 0.235. The van der Waals surface area contributed by atoms with Gasteiger partial charge in [-0.1, -0.05) is 18.2 Å². The van der Waals surface area contributed by atoms with E-state index in [2.05, 4.69) is 5.32 Å². The first-order chi connectivity index (χ1) is 11.5. The number of aryl methyl sites for hydroxylation is 1. The summed E-state index contributed by atoms with van der Waals surface area (Å²) < 4.78 is 5.60. The lowest BCUT2D eigenvalue weighted by Crippen LogP contribution is -2.34. The Morgan fingerprint density at radius 2 is 2.00 bits per heavy atom. The van der Waals surface area contributed by atoms with Crippen LogP contribution in [0.4, 0.5) is 16.2 Å². The number of nitro benzene ring substituents is 1. The molecule has 0 atom stereocenters. The number of likely N-dealkylation sites (N-methyl/N-ethyl adjacent to an activating group) is 1. The summed E-state index contributed by atoms with van der Waals surface area (Å²) in [4.78, 5) is 23.8. The van der Waals surface area contributed by atoms with Crippen LogP contribution in [0.2, 0.25) is 0 Å². The van der Waals surface area contributed by atoms with E-state index < -0.39 is 4.92 Å². The van der Waals surface area contributed by atoms with Gasteiger partial charge in [-0.15, -0.1) is 0 Å². The SMILES string of the molecule is Cc1cccc(OCCN(C)C(=O)Nc2cccc([N+](=O)[O-])c2)c1. The first-order valence-electron chi connectivity index (χ1n) is 7.42. The summed E-state index contributed by atoms with van der Waals surface area (Å²) in [7, 11) is 1.63. The Kier molecular flexibility index (Phi) is 5.73. The van der Waals surface area contributed by atoms with Gasteiger partial charge in [0.05, 0.1) is 11.5 Å². The molecule has 2 aromatic rings. The molecular weight excluding hydrogens is 310 g/mol. The number of amides is 2. The molecule has 1 N–H and O–H groups in total. The van der Waals surface area contributed by atoms with E-state index in [0.717, 1.165) is 11.3 Å². The number of nitrogens with one attached hydrogen (secondary N) is 1. The standard InChI is InChI=1S/C17H19N3O4/c1-13-5-3-8-16(11-13)24-10-9-19(2)17(21)18-14-6-4-7-15(12-14)20(22)23/h3-8,11-12H,9-10H2,1-2H3,(H,18,21). The summed E-state index contributed by atoms with van der Waals surface area (Å²) in [6.45, 7) is 2.71. The van der Waals surface area contributed by atoms with E-state index in [0.29, 0.717) is 18.8 Å². The van der Waals surface area contributed by atoms with Crippen molar-refractivity contribution in [3.63, 3.8) is 0 Å². The average molecular weight is 329 g/mol. The van der Waals surface area contributed by atoms with E-state index >= 15 is 0 Å². The molecule has 0 aliphatic rings. The summed E-state index contributed by atoms with van der Waals surface area (Å²) in [5.74, 6) is 0.752. The zero-order chi connectivity index (χ0) is 17.5. The van der Waals surface area contributed by atoms with Crippen molar-refractivity contribution >= 4 is 17.4 Å². The predicted octanol–water partition coefficient (Wildman–Crippen LogP) is 3.45. The van der Waals surface area contributed by atoms with Gasteiger partial charge in [0, 0.05) is 24.9 Å². The van der Waals surface area contributed by atoms with Crippen molar-refractivity contribution in [2.24, 2.45) is 0 Å². The monoisotopic (exact) mass is 329 g/mol. The van der Waals surface area contributed by atoms with Gasteiger partial charge < -0.3 is 15.0 Å². The predicted molar refractivity (Wildman–Crippen MR) is 91.4 cm³/mol. The maximum Gasteiger partial charge on any atom is 0.321 e. The molecule has 0 fully saturated rings. The van der Waals surface area contributed by atoms with Crippen molar-refractivity contribution in [1.82, 2.24) is 4.90 Å². The second-order valence-electron chi connectivity index (χ2n) is 5.32. The van der Waals surface area contributed by atoms with Crippen LogP contribution in [-0.4, -0.2) is 36.1 Å². The molecule has 0 radical (unpaired) electrons. The number of non-ortho nitro benzene ring substituents is 1. The van der Waals surface area contributed by atoms with Gasteiger partial charge in [0.1, 0.15) is 12.4 Å². The number of urea groups is 1. The molecule has 7 nitrogen and oxygen atoms in total. The van der Waals surface area contributed by atoms with Crippen molar-refractivity contribution in [3.05, 3.63) is 64.2 Å². The maximum absolute atomic E-state index is 12.1. The number of nitro groups is 1. The number of carbonyl (C=O) groups is 1. The normalized spacial score (nSPS) is 10.1. The molecule has 0 spiro atoms. The molecule has 0 bridgehead atoms. The highest BCUT2D eigenvalue weighted by Crippen LogP contribution is 2.17. The minimum Gasteiger partial charge on any atom is -0.492 e. The van der Waals surface area contributed by atoms with Gasteiger partial charge in [0.25, 0.3) is 5.69 Å². The first-order valence-corrected chi connectivity index (χ1v) is 7.42. The molecular formula is C17H19N3O4. The topological polar surface area (TPSA) is 84.7 Å². The van der Waals surface area contributed by atoms with Crippen LogP contribution < -0.4 is 10.1 Å². The number of anilines is 1. The number of rotatable bonds is 6. The molecule has 7 heteroatoms. The molecule has 0 aromatic heterocycles. The van der Waals surface area contributed by atoms with Gasteiger partial charge in [0.2, 0.25) is 0 Å². The molecule has 0 aliphatic carbocycles. The van der Waals surface area contributed by atoms with E-state index in [1.807, 2.05) is 31.2 Å². The summed E-state index contributed by atoms with van der Waals surface area (Å²) >= 11 is 0. The third-order valence-corrected chi connectivity index (χ3v) is 3.34. The zero-order valence-corrected chi connectivity index (χ0v) is 13.6. The molecule has 0 saturated carbocycles. The second kappa shape index (κ2) is 7.96. The highest BCUT2D eigenvalue weighted by Gasteiger charge is 2.11. The molecule has 0 aliphatic heterocycles. The number of carbonyl (C=O) groups excluding carboxylic acids is 1. The number of hydrogen-bond acceptors (Lipinski definition) is 4. The van der Waals surface area contributed by atoms with Crippen LogP contribution in [0.25, 0.3) is 0 Å². The van der Waals surface area contributed by atoms with Crippen molar-refractivity contribution in [2.75, 3.05) is 25.5 Å². The number of ether oxygens (including phenoxy) is 1. The van der Waals surface area contributed by atoms with Crippen molar-refractivity contribution in [3.8, 4) is 5.75 Å². The number of nitrogens with zero attached hydrogens (tertiary/aromatic N) is 2. The molecule has 126 valence electrons. The van der Waals surface area contributed by atoms with E-state index in [1.165, 1.54) is 23.1 Å². The first kappa shape index (κ1) is 17.3. The molecule has 24 heavy (non-hydrogen) atoms. The fourth-order valence-electron chi connectivity index (χ4n) is 2.02. The lowest BCUT2D eigenvalue weighted by atomic mass is 10.2. The number of hydrogen-bond donors (Lipinski definition) is 1. The maximum atomic E-state index is 12.1. The third-order valence-electron chi connectivity index (χ3n) is 3.34. The van der Waals surface area contributed by atoms with Crippen molar-refractivity contribution in [2.45, 2.75) is 6.92 Å². The summed E-state index contributed by atoms with van der Waals surface area (Å²) in [6.07, 6.45) is 0. The lowest BCUT2D eigenvalue weighted by Gasteiger charge is -2.18. The van der Waals surface area contributed by atoms with Crippen LogP contribution in [0.15, 0.2) is 48.5 Å². The Labute approximate surface area is 140 Å². The van der Waals surface area contributed by atoms with Gasteiger partial charge in [-0.3, -0.25) is 10.1 Å². The highest BCUT2D eigenvalue weighted by atomic mass is 16.6. The largest absolute Gasteiger partial charge is 0.492 e. The van der Waals surface area contributed by atoms with Gasteiger partial charge >= 0.3 is 6.03 Å². The number of benzene rings is 2. The minimum absolute atomic E-state index is 0.0711. The molecule has 2 rings (SSSR count). The van der Waals surface area contributed by atoms with Crippen LogP contribution >= 0.6 is 0 Å². The van der Waals surface area contributed by atoms with Crippen LogP contribution in [0.3, 0.4) is 0 Å². The van der Waals surface area contributed by atoms with E-state index in [9.17, 15) is 14.9 Å². The Morgan fingerprint density at radius 3 is 2.71 bits per heavy atom. The molecule has 0 saturated heterocycles. The van der Waals surface area contributed by atoms with E-state index in [-0.39, 0.29) is 11.7 Å². The molecule has 2 aromatic carbocycles. The van der Waals surface area contributed by atoms with Gasteiger partial charge in [-0.25, -0.2) is 4.79 Å². The third kappa shape index (κ3) is 4.98. The fourth-order valence-corrected chi connectivity index (χ4v) is 2.02. The minimum atomic E-state index is -0.505. The van der Waals surface area contributed by atoms with Crippen molar-refractivity contribution in [1.29, 1.82) is 0 Å². The zero-order valence-electron chi connectivity index (χ0n) is 13.6. The van der Waals surface area contributed by atoms with Crippen LogP contribution in [-0.2, 0) is 0 Å². The van der Waals surface area contributed by atoms with Gasteiger partial charge in [-0.05, 0) is 30.7 Å². The quantitative estimate of drug-likeness (QED) is 0.650. The van der Waals surface area contributed by atoms with Crippen LogP contribution in [0.1, 0.15) is 5.56 Å². The molecule has 0 unspecified atom stereocenters.